The molecule has 0 spiro atoms. The van der Waals surface area contributed by atoms with Crippen LogP contribution >= 0.6 is 15.9 Å². The Morgan fingerprint density at radius 2 is 1.96 bits per heavy atom. The first-order valence-corrected chi connectivity index (χ1v) is 9.73. The number of amides is 1. The maximum atomic E-state index is 14.2. The Bertz CT molecular complexity index is 931. The van der Waals surface area contributed by atoms with Crippen LogP contribution in [0.4, 0.5) is 20.2 Å². The molecular formula is C20H19BrF2N2O2. The molecule has 4 rings (SSSR count). The van der Waals surface area contributed by atoms with Gasteiger partial charge in [0.2, 0.25) is 5.91 Å². The fourth-order valence-corrected chi connectivity index (χ4v) is 3.93. The van der Waals surface area contributed by atoms with E-state index in [0.717, 1.165) is 42.6 Å². The highest BCUT2D eigenvalue weighted by Crippen LogP contribution is 2.45. The summed E-state index contributed by atoms with van der Waals surface area (Å²) in [5, 5.41) is 0. The van der Waals surface area contributed by atoms with E-state index in [4.69, 9.17) is 10.5 Å². The van der Waals surface area contributed by atoms with Crippen LogP contribution in [0.15, 0.2) is 28.7 Å². The number of anilines is 2. The normalized spacial score (nSPS) is 19.0. The Balaban J connectivity index is 1.77. The Hall–Kier alpha value is -2.15. The van der Waals surface area contributed by atoms with Crippen molar-refractivity contribution in [1.29, 1.82) is 0 Å². The van der Waals surface area contributed by atoms with Crippen LogP contribution in [0, 0.1) is 17.6 Å². The van der Waals surface area contributed by atoms with Crippen molar-refractivity contribution >= 4 is 33.2 Å². The molecule has 0 aromatic heterocycles. The lowest BCUT2D eigenvalue weighted by Gasteiger charge is -2.36. The number of nitrogens with zero attached hydrogens (tertiary/aromatic N) is 1. The van der Waals surface area contributed by atoms with Gasteiger partial charge in [0.15, 0.2) is 11.6 Å². The van der Waals surface area contributed by atoms with E-state index >= 15 is 0 Å². The minimum atomic E-state index is -0.744. The average molecular weight is 437 g/mol. The van der Waals surface area contributed by atoms with Gasteiger partial charge in [0.05, 0.1) is 15.8 Å². The Morgan fingerprint density at radius 1 is 1.22 bits per heavy atom. The quantitative estimate of drug-likeness (QED) is 0.674. The van der Waals surface area contributed by atoms with Crippen LogP contribution in [0.1, 0.15) is 31.7 Å². The molecule has 2 aliphatic rings. The molecule has 2 aromatic carbocycles. The van der Waals surface area contributed by atoms with Crippen LogP contribution in [0.3, 0.4) is 0 Å². The zero-order chi connectivity index (χ0) is 19.3. The number of nitrogens with two attached hydrogens (primary N) is 1. The number of benzene rings is 2. The summed E-state index contributed by atoms with van der Waals surface area (Å²) in [7, 11) is 0. The monoisotopic (exact) mass is 436 g/mol. The van der Waals surface area contributed by atoms with Gasteiger partial charge in [-0.15, -0.1) is 0 Å². The number of hydrogen-bond donors (Lipinski definition) is 1. The van der Waals surface area contributed by atoms with Crippen LogP contribution < -0.4 is 15.4 Å². The highest BCUT2D eigenvalue weighted by atomic mass is 79.9. The molecule has 1 aliphatic heterocycles. The molecule has 0 unspecified atom stereocenters. The van der Waals surface area contributed by atoms with Crippen molar-refractivity contribution in [2.75, 3.05) is 10.6 Å². The fourth-order valence-electron chi connectivity index (χ4n) is 3.48. The number of ether oxygens (including phenoxy) is 1. The standard InChI is InChI=1S/C20H19BrF2N2O2/c1-10-2-5-12-17(25(10)20(26)11-3-4-11)7-6-13(21)19(12)27-18-9-14(22)16(24)8-15(18)23/h6-11H,2-5,24H2,1H3/t10-/m0/s1. The van der Waals surface area contributed by atoms with Crippen molar-refractivity contribution in [3.8, 4) is 11.5 Å². The summed E-state index contributed by atoms with van der Waals surface area (Å²) >= 11 is 3.43. The Morgan fingerprint density at radius 3 is 2.67 bits per heavy atom. The molecule has 2 N–H and O–H groups in total. The van der Waals surface area contributed by atoms with E-state index in [-0.39, 0.29) is 29.3 Å². The Kier molecular flexibility index (Phi) is 4.58. The summed E-state index contributed by atoms with van der Waals surface area (Å²) in [5.41, 5.74) is 6.72. The molecule has 1 aliphatic carbocycles. The molecule has 142 valence electrons. The van der Waals surface area contributed by atoms with Gasteiger partial charge in [-0.1, -0.05) is 0 Å². The molecule has 1 amide bonds. The van der Waals surface area contributed by atoms with Crippen molar-refractivity contribution in [2.24, 2.45) is 5.92 Å². The average Bonchev–Trinajstić information content (AvgIpc) is 3.46. The van der Waals surface area contributed by atoms with Crippen LogP contribution in [0.5, 0.6) is 11.5 Å². The van der Waals surface area contributed by atoms with Crippen LogP contribution in [-0.2, 0) is 11.2 Å². The smallest absolute Gasteiger partial charge is 0.230 e. The van der Waals surface area contributed by atoms with E-state index in [9.17, 15) is 13.6 Å². The first-order valence-electron chi connectivity index (χ1n) is 8.93. The Labute approximate surface area is 164 Å². The predicted octanol–water partition coefficient (Wildman–Crippen LogP) is 5.18. The topological polar surface area (TPSA) is 55.6 Å². The first-order chi connectivity index (χ1) is 12.9. The lowest BCUT2D eigenvalue weighted by Crippen LogP contribution is -2.43. The third-order valence-electron chi connectivity index (χ3n) is 5.13. The highest BCUT2D eigenvalue weighted by molar-refractivity contribution is 9.10. The molecule has 27 heavy (non-hydrogen) atoms. The summed E-state index contributed by atoms with van der Waals surface area (Å²) in [6.45, 7) is 2.03. The second kappa shape index (κ2) is 6.78. The van der Waals surface area contributed by atoms with Gasteiger partial charge in [0.25, 0.3) is 0 Å². The molecule has 4 nitrogen and oxygen atoms in total. The van der Waals surface area contributed by atoms with Gasteiger partial charge in [-0.2, -0.15) is 0 Å². The van der Waals surface area contributed by atoms with Crippen LogP contribution in [0.25, 0.3) is 0 Å². The van der Waals surface area contributed by atoms with Crippen molar-refractivity contribution in [3.05, 3.63) is 45.9 Å². The summed E-state index contributed by atoms with van der Waals surface area (Å²) in [6.07, 6.45) is 3.30. The van der Waals surface area contributed by atoms with Gasteiger partial charge in [0, 0.05) is 29.7 Å². The maximum Gasteiger partial charge on any atom is 0.230 e. The molecule has 1 atom stereocenters. The van der Waals surface area contributed by atoms with Crippen LogP contribution in [-0.4, -0.2) is 11.9 Å². The second-order valence-corrected chi connectivity index (χ2v) is 8.00. The number of fused-ring (bicyclic) bond motifs is 1. The van der Waals surface area contributed by atoms with E-state index < -0.39 is 11.6 Å². The minimum Gasteiger partial charge on any atom is -0.453 e. The predicted molar refractivity (Wildman–Crippen MR) is 103 cm³/mol. The minimum absolute atomic E-state index is 0.0883. The number of hydrogen-bond acceptors (Lipinski definition) is 3. The lowest BCUT2D eigenvalue weighted by molar-refractivity contribution is -0.120. The fraction of sp³-hybridized carbons (Fsp3) is 0.350. The van der Waals surface area contributed by atoms with E-state index in [1.54, 1.807) is 6.07 Å². The van der Waals surface area contributed by atoms with Crippen LogP contribution in [0.2, 0.25) is 0 Å². The number of carbonyl (C=O) groups is 1. The van der Waals surface area contributed by atoms with Gasteiger partial charge in [-0.25, -0.2) is 8.78 Å². The number of nitrogen functional groups attached to an aromatic ring is 1. The SMILES string of the molecule is C[C@H]1CCc2c(ccc(Br)c2Oc2cc(F)c(N)cc2F)N1C(=O)C1CC1. The van der Waals surface area contributed by atoms with Crippen molar-refractivity contribution in [2.45, 2.75) is 38.6 Å². The van der Waals surface area contributed by atoms with Gasteiger partial charge >= 0.3 is 0 Å². The molecule has 2 aromatic rings. The van der Waals surface area contributed by atoms with Gasteiger partial charge in [-0.3, -0.25) is 4.79 Å². The molecule has 1 fully saturated rings. The molecular weight excluding hydrogens is 418 g/mol. The van der Waals surface area contributed by atoms with Gasteiger partial charge < -0.3 is 15.4 Å². The third-order valence-corrected chi connectivity index (χ3v) is 5.75. The van der Waals surface area contributed by atoms with E-state index in [2.05, 4.69) is 15.9 Å². The molecule has 1 saturated carbocycles. The first kappa shape index (κ1) is 18.2. The zero-order valence-corrected chi connectivity index (χ0v) is 16.4. The van der Waals surface area contributed by atoms with E-state index in [1.165, 1.54) is 0 Å². The number of rotatable bonds is 3. The highest BCUT2D eigenvalue weighted by Gasteiger charge is 2.39. The summed E-state index contributed by atoms with van der Waals surface area (Å²) in [5.74, 6) is -1.11. The zero-order valence-electron chi connectivity index (χ0n) is 14.8. The van der Waals surface area contributed by atoms with E-state index in [0.29, 0.717) is 16.6 Å². The molecule has 0 saturated heterocycles. The number of halogens is 3. The molecule has 1 heterocycles. The van der Waals surface area contributed by atoms with E-state index in [1.807, 2.05) is 17.9 Å². The lowest BCUT2D eigenvalue weighted by atomic mass is 9.95. The summed E-state index contributed by atoms with van der Waals surface area (Å²) < 4.78 is 34.4. The largest absolute Gasteiger partial charge is 0.453 e. The molecule has 0 radical (unpaired) electrons. The van der Waals surface area contributed by atoms with Crippen molar-refractivity contribution in [3.63, 3.8) is 0 Å². The van der Waals surface area contributed by atoms with Gasteiger partial charge in [-0.05, 0) is 60.7 Å². The molecule has 0 bridgehead atoms. The third kappa shape index (κ3) is 3.29. The second-order valence-electron chi connectivity index (χ2n) is 7.15. The number of carbonyl (C=O) groups excluding carboxylic acids is 1. The van der Waals surface area contributed by atoms with Crippen molar-refractivity contribution in [1.82, 2.24) is 0 Å². The van der Waals surface area contributed by atoms with Gasteiger partial charge in [0.1, 0.15) is 11.6 Å². The summed E-state index contributed by atoms with van der Waals surface area (Å²) in [6, 6.07) is 5.58. The summed E-state index contributed by atoms with van der Waals surface area (Å²) in [4.78, 5) is 14.6. The van der Waals surface area contributed by atoms with Crippen molar-refractivity contribution < 1.29 is 18.3 Å². The molecule has 7 heteroatoms. The maximum absolute atomic E-state index is 14.2.